The Morgan fingerprint density at radius 2 is 1.88 bits per heavy atom. The van der Waals surface area contributed by atoms with Gasteiger partial charge in [0.15, 0.2) is 0 Å². The van der Waals surface area contributed by atoms with Gasteiger partial charge in [0.25, 0.3) is 0 Å². The zero-order valence-electron chi connectivity index (χ0n) is 16.1. The van der Waals surface area contributed by atoms with Crippen molar-refractivity contribution in [1.82, 2.24) is 5.06 Å². The number of Topliss-reactive ketones (excluding diaryl/α,β-unsaturated/α-hetero) is 1. The van der Waals surface area contributed by atoms with Gasteiger partial charge in [0.1, 0.15) is 5.78 Å². The van der Waals surface area contributed by atoms with Gasteiger partial charge in [-0.05, 0) is 49.4 Å². The molecule has 1 aliphatic rings. The number of rotatable bonds is 6. The molecule has 5 nitrogen and oxygen atoms in total. The second-order valence-electron chi connectivity index (χ2n) is 7.03. The first-order chi connectivity index (χ1) is 12.3. The standard InChI is InChI=1S/C21H27NO4/c1-6-17-12-15(2)11-16(3)19(17)13-18(23)14-21(20(24)25-4)7-9-22(26-5)10-8-21/h1,11-12H,7-10,13-14H2,2-5H3. The fourth-order valence-corrected chi connectivity index (χ4v) is 3.76. The SMILES string of the molecule is C#Cc1cc(C)cc(C)c1CC(=O)CC1(C(=O)OC)CCN(OC)CC1. The fourth-order valence-electron chi connectivity index (χ4n) is 3.76. The van der Waals surface area contributed by atoms with Gasteiger partial charge < -0.3 is 9.57 Å². The van der Waals surface area contributed by atoms with E-state index in [0.29, 0.717) is 25.9 Å². The molecule has 1 fully saturated rings. The summed E-state index contributed by atoms with van der Waals surface area (Å²) in [5.41, 5.74) is 2.92. The molecule has 0 atom stereocenters. The Hall–Kier alpha value is -2.16. The largest absolute Gasteiger partial charge is 0.469 e. The first-order valence-electron chi connectivity index (χ1n) is 8.81. The van der Waals surface area contributed by atoms with Gasteiger partial charge in [-0.3, -0.25) is 9.59 Å². The summed E-state index contributed by atoms with van der Waals surface area (Å²) in [6, 6.07) is 3.94. The summed E-state index contributed by atoms with van der Waals surface area (Å²) < 4.78 is 5.01. The quantitative estimate of drug-likeness (QED) is 0.579. The molecule has 1 aliphatic heterocycles. The number of hydrogen-bond donors (Lipinski definition) is 0. The Morgan fingerprint density at radius 1 is 1.23 bits per heavy atom. The van der Waals surface area contributed by atoms with Gasteiger partial charge in [0.05, 0.1) is 19.6 Å². The van der Waals surface area contributed by atoms with Crippen LogP contribution in [0.2, 0.25) is 0 Å². The zero-order chi connectivity index (χ0) is 19.3. The number of carbonyl (C=O) groups is 2. The molecular weight excluding hydrogens is 330 g/mol. The molecular formula is C21H27NO4. The maximum absolute atomic E-state index is 12.8. The number of terminal acetylenes is 1. The molecule has 0 N–H and O–H groups in total. The minimum Gasteiger partial charge on any atom is -0.469 e. The van der Waals surface area contributed by atoms with E-state index >= 15 is 0 Å². The average molecular weight is 357 g/mol. The number of esters is 1. The van der Waals surface area contributed by atoms with Crippen molar-refractivity contribution in [3.63, 3.8) is 0 Å². The molecule has 5 heteroatoms. The van der Waals surface area contributed by atoms with Crippen LogP contribution < -0.4 is 0 Å². The average Bonchev–Trinajstić information content (AvgIpc) is 2.63. The number of carbonyl (C=O) groups excluding carboxylic acids is 2. The lowest BCUT2D eigenvalue weighted by molar-refractivity contribution is -0.179. The lowest BCUT2D eigenvalue weighted by Gasteiger charge is -2.38. The monoisotopic (exact) mass is 357 g/mol. The molecule has 0 radical (unpaired) electrons. The second kappa shape index (κ2) is 8.48. The number of aryl methyl sites for hydroxylation is 2. The summed E-state index contributed by atoms with van der Waals surface area (Å²) in [7, 11) is 2.98. The van der Waals surface area contributed by atoms with Gasteiger partial charge in [-0.25, -0.2) is 0 Å². The summed E-state index contributed by atoms with van der Waals surface area (Å²) in [6.07, 6.45) is 7.09. The minimum absolute atomic E-state index is 0.00437. The molecule has 1 aromatic rings. The molecule has 0 bridgehead atoms. The number of hydrogen-bond acceptors (Lipinski definition) is 5. The number of ether oxygens (including phenoxy) is 1. The van der Waals surface area contributed by atoms with Crippen LogP contribution in [-0.4, -0.2) is 44.1 Å². The van der Waals surface area contributed by atoms with Crippen LogP contribution in [0.5, 0.6) is 0 Å². The van der Waals surface area contributed by atoms with E-state index in [4.69, 9.17) is 16.0 Å². The Kier molecular flexibility index (Phi) is 6.57. The normalized spacial score (nSPS) is 16.7. The predicted molar refractivity (Wildman–Crippen MR) is 99.4 cm³/mol. The molecule has 0 aromatic heterocycles. The van der Waals surface area contributed by atoms with E-state index in [0.717, 1.165) is 22.3 Å². The van der Waals surface area contributed by atoms with Crippen LogP contribution in [0.15, 0.2) is 12.1 Å². The Morgan fingerprint density at radius 3 is 2.42 bits per heavy atom. The molecule has 0 unspecified atom stereocenters. The van der Waals surface area contributed by atoms with Crippen LogP contribution in [0.25, 0.3) is 0 Å². The van der Waals surface area contributed by atoms with Gasteiger partial charge >= 0.3 is 5.97 Å². The molecule has 1 heterocycles. The Balaban J connectivity index is 2.19. The van der Waals surface area contributed by atoms with Gasteiger partial charge in [-0.15, -0.1) is 6.42 Å². The number of piperidine rings is 1. The highest BCUT2D eigenvalue weighted by atomic mass is 16.7. The number of hydroxylamine groups is 2. The molecule has 1 saturated heterocycles. The van der Waals surface area contributed by atoms with Crippen molar-refractivity contribution in [3.8, 4) is 12.3 Å². The van der Waals surface area contributed by atoms with Crippen LogP contribution in [-0.2, 0) is 25.6 Å². The Bertz CT molecular complexity index is 724. The van der Waals surface area contributed by atoms with Crippen molar-refractivity contribution in [3.05, 3.63) is 34.4 Å². The van der Waals surface area contributed by atoms with Gasteiger partial charge in [0.2, 0.25) is 0 Å². The van der Waals surface area contributed by atoms with E-state index < -0.39 is 5.41 Å². The first-order valence-corrected chi connectivity index (χ1v) is 8.81. The molecule has 0 aliphatic carbocycles. The molecule has 0 amide bonds. The van der Waals surface area contributed by atoms with Crippen molar-refractivity contribution in [2.45, 2.75) is 39.5 Å². The summed E-state index contributed by atoms with van der Waals surface area (Å²) in [4.78, 5) is 30.5. The third-order valence-electron chi connectivity index (χ3n) is 5.24. The molecule has 0 saturated carbocycles. The maximum Gasteiger partial charge on any atom is 0.312 e. The van der Waals surface area contributed by atoms with E-state index in [-0.39, 0.29) is 24.6 Å². The van der Waals surface area contributed by atoms with Gasteiger partial charge in [-0.1, -0.05) is 12.0 Å². The van der Waals surface area contributed by atoms with E-state index in [1.807, 2.05) is 26.0 Å². The van der Waals surface area contributed by atoms with Crippen molar-refractivity contribution in [2.75, 3.05) is 27.3 Å². The van der Waals surface area contributed by atoms with Crippen molar-refractivity contribution < 1.29 is 19.2 Å². The van der Waals surface area contributed by atoms with Crippen molar-refractivity contribution in [2.24, 2.45) is 5.41 Å². The number of nitrogens with zero attached hydrogens (tertiary/aromatic N) is 1. The molecule has 140 valence electrons. The Labute approximate surface area is 155 Å². The fraction of sp³-hybridized carbons (Fsp3) is 0.524. The first kappa shape index (κ1) is 20.2. The van der Waals surface area contributed by atoms with Crippen molar-refractivity contribution >= 4 is 11.8 Å². The lowest BCUT2D eigenvalue weighted by Crippen LogP contribution is -2.45. The van der Waals surface area contributed by atoms with Crippen LogP contribution in [0.1, 0.15) is 41.5 Å². The molecule has 2 rings (SSSR count). The number of benzene rings is 1. The third kappa shape index (κ3) is 4.32. The minimum atomic E-state index is -0.782. The topological polar surface area (TPSA) is 55.8 Å². The van der Waals surface area contributed by atoms with Gasteiger partial charge in [-0.2, -0.15) is 5.06 Å². The molecule has 0 spiro atoms. The van der Waals surface area contributed by atoms with E-state index in [9.17, 15) is 9.59 Å². The second-order valence-corrected chi connectivity index (χ2v) is 7.03. The maximum atomic E-state index is 12.8. The van der Waals surface area contributed by atoms with Crippen LogP contribution >= 0.6 is 0 Å². The summed E-state index contributed by atoms with van der Waals surface area (Å²) >= 11 is 0. The summed E-state index contributed by atoms with van der Waals surface area (Å²) in [6.45, 7) is 5.13. The zero-order valence-corrected chi connectivity index (χ0v) is 16.1. The lowest BCUT2D eigenvalue weighted by atomic mass is 9.74. The van der Waals surface area contributed by atoms with Crippen LogP contribution in [0, 0.1) is 31.6 Å². The summed E-state index contributed by atoms with van der Waals surface area (Å²) in [5, 5.41) is 1.80. The van der Waals surface area contributed by atoms with E-state index in [1.165, 1.54) is 7.11 Å². The summed E-state index contributed by atoms with van der Waals surface area (Å²) in [5.74, 6) is 2.36. The number of methoxy groups -OCH3 is 1. The van der Waals surface area contributed by atoms with Gasteiger partial charge in [0, 0.05) is 31.5 Å². The van der Waals surface area contributed by atoms with Crippen LogP contribution in [0.4, 0.5) is 0 Å². The van der Waals surface area contributed by atoms with E-state index in [1.54, 1.807) is 12.2 Å². The highest BCUT2D eigenvalue weighted by Gasteiger charge is 2.44. The highest BCUT2D eigenvalue weighted by Crippen LogP contribution is 2.37. The predicted octanol–water partition coefficient (Wildman–Crippen LogP) is 2.60. The molecule has 26 heavy (non-hydrogen) atoms. The smallest absolute Gasteiger partial charge is 0.312 e. The number of ketones is 1. The van der Waals surface area contributed by atoms with Crippen LogP contribution in [0.3, 0.4) is 0 Å². The third-order valence-corrected chi connectivity index (χ3v) is 5.24. The molecule has 1 aromatic carbocycles. The van der Waals surface area contributed by atoms with E-state index in [2.05, 4.69) is 5.92 Å². The highest BCUT2D eigenvalue weighted by molar-refractivity contribution is 5.89. The van der Waals surface area contributed by atoms with Crippen molar-refractivity contribution in [1.29, 1.82) is 0 Å².